The molecule has 0 unspecified atom stereocenters. The van der Waals surface area contributed by atoms with Crippen molar-refractivity contribution in [2.75, 3.05) is 11.3 Å². The van der Waals surface area contributed by atoms with E-state index in [-0.39, 0.29) is 22.0 Å². The minimum atomic E-state index is -3.98. The van der Waals surface area contributed by atoms with Gasteiger partial charge in [-0.05, 0) is 61.4 Å². The number of carbonyl (C=O) groups is 1. The lowest BCUT2D eigenvalue weighted by Gasteiger charge is -2.13. The van der Waals surface area contributed by atoms with Gasteiger partial charge in [-0.15, -0.1) is 0 Å². The van der Waals surface area contributed by atoms with E-state index in [1.54, 1.807) is 25.1 Å². The fraction of sp³-hybridized carbons (Fsp3) is 0.174. The average Bonchev–Trinajstić information content (AvgIpc) is 2.74. The number of anilines is 1. The summed E-state index contributed by atoms with van der Waals surface area (Å²) in [7, 11) is -3.98. The predicted octanol–water partition coefficient (Wildman–Crippen LogP) is 4.78. The molecule has 3 aromatic rings. The minimum absolute atomic E-state index is 0.0297. The van der Waals surface area contributed by atoms with E-state index in [1.165, 1.54) is 18.2 Å². The molecule has 0 aromatic heterocycles. The maximum Gasteiger partial charge on any atom is 0.263 e. The lowest BCUT2D eigenvalue weighted by Crippen LogP contribution is -2.23. The van der Waals surface area contributed by atoms with Crippen molar-refractivity contribution in [3.05, 3.63) is 88.4 Å². The van der Waals surface area contributed by atoms with Gasteiger partial charge in [0.15, 0.2) is 0 Å². The fourth-order valence-corrected chi connectivity index (χ4v) is 4.59. The van der Waals surface area contributed by atoms with Gasteiger partial charge in [-0.3, -0.25) is 9.52 Å². The highest BCUT2D eigenvalue weighted by atomic mass is 35.5. The van der Waals surface area contributed by atoms with Crippen molar-refractivity contribution in [3.8, 4) is 5.75 Å². The van der Waals surface area contributed by atoms with Crippen LogP contribution in [-0.2, 0) is 16.6 Å². The number of nitrogens with one attached hydrogen (secondary N) is 2. The molecule has 0 fully saturated rings. The van der Waals surface area contributed by atoms with Gasteiger partial charge < -0.3 is 10.1 Å². The van der Waals surface area contributed by atoms with Gasteiger partial charge in [0.05, 0.1) is 17.3 Å². The Balaban J connectivity index is 1.77. The normalized spacial score (nSPS) is 11.1. The molecule has 3 aromatic carbocycles. The first-order valence-corrected chi connectivity index (χ1v) is 11.5. The number of hydrogen-bond donors (Lipinski definition) is 2. The second-order valence-corrected chi connectivity index (χ2v) is 8.89. The molecule has 1 amide bonds. The first-order chi connectivity index (χ1) is 14.8. The highest BCUT2D eigenvalue weighted by molar-refractivity contribution is 7.92. The van der Waals surface area contributed by atoms with E-state index < -0.39 is 15.9 Å². The van der Waals surface area contributed by atoms with Crippen LogP contribution in [0, 0.1) is 6.92 Å². The van der Waals surface area contributed by atoms with Gasteiger partial charge in [0, 0.05) is 12.1 Å². The third kappa shape index (κ3) is 5.77. The first-order valence-electron chi connectivity index (χ1n) is 9.68. The molecule has 0 atom stereocenters. The van der Waals surface area contributed by atoms with Gasteiger partial charge in [0.25, 0.3) is 15.9 Å². The van der Waals surface area contributed by atoms with E-state index in [9.17, 15) is 13.2 Å². The fourth-order valence-electron chi connectivity index (χ4n) is 2.93. The Kier molecular flexibility index (Phi) is 7.20. The van der Waals surface area contributed by atoms with Crippen LogP contribution < -0.4 is 14.8 Å². The molecular weight excluding hydrogens is 436 g/mol. The molecular formula is C23H23ClN2O4S. The quantitative estimate of drug-likeness (QED) is 0.508. The Morgan fingerprint density at radius 3 is 2.55 bits per heavy atom. The first kappa shape index (κ1) is 22.7. The molecule has 0 aliphatic heterocycles. The Labute approximate surface area is 187 Å². The number of halogens is 1. The summed E-state index contributed by atoms with van der Waals surface area (Å²) in [4.78, 5) is 12.5. The molecule has 2 N–H and O–H groups in total. The molecule has 0 aliphatic carbocycles. The van der Waals surface area contributed by atoms with Crippen molar-refractivity contribution in [1.29, 1.82) is 0 Å². The van der Waals surface area contributed by atoms with E-state index in [0.29, 0.717) is 12.3 Å². The number of aryl methyl sites for hydroxylation is 1. The summed E-state index contributed by atoms with van der Waals surface area (Å²) in [6.45, 7) is 4.51. The summed E-state index contributed by atoms with van der Waals surface area (Å²) in [6, 6.07) is 18.6. The van der Waals surface area contributed by atoms with Crippen LogP contribution in [0.2, 0.25) is 5.02 Å². The zero-order chi connectivity index (χ0) is 22.4. The van der Waals surface area contributed by atoms with Gasteiger partial charge in [0.2, 0.25) is 0 Å². The highest BCUT2D eigenvalue weighted by Gasteiger charge is 2.21. The van der Waals surface area contributed by atoms with Crippen LogP contribution in [0.4, 0.5) is 5.69 Å². The summed E-state index contributed by atoms with van der Waals surface area (Å²) in [5.41, 5.74) is 2.27. The van der Waals surface area contributed by atoms with Crippen molar-refractivity contribution in [1.82, 2.24) is 5.32 Å². The third-order valence-electron chi connectivity index (χ3n) is 4.53. The number of hydrogen-bond acceptors (Lipinski definition) is 4. The zero-order valence-corrected chi connectivity index (χ0v) is 18.8. The number of para-hydroxylation sites is 1. The van der Waals surface area contributed by atoms with Crippen molar-refractivity contribution in [2.24, 2.45) is 0 Å². The third-order valence-corrected chi connectivity index (χ3v) is 6.38. The van der Waals surface area contributed by atoms with E-state index in [4.69, 9.17) is 16.3 Å². The maximum atomic E-state index is 12.9. The van der Waals surface area contributed by atoms with Crippen LogP contribution in [0.15, 0.2) is 71.6 Å². The highest BCUT2D eigenvalue weighted by Crippen LogP contribution is 2.26. The Morgan fingerprint density at radius 1 is 1.03 bits per heavy atom. The molecule has 3 rings (SSSR count). The molecule has 0 saturated carbocycles. The molecule has 0 radical (unpaired) electrons. The standard InChI is InChI=1S/C23H23ClN2O4S/c1-3-30-19-9-6-8-17(13-19)15-25-23(27)18-11-12-20(24)22(14-18)31(28,29)26-21-10-5-4-7-16(21)2/h4-14,26H,3,15H2,1-2H3,(H,25,27). The van der Waals surface area contributed by atoms with Crippen LogP contribution in [0.1, 0.15) is 28.4 Å². The second kappa shape index (κ2) is 9.85. The number of sulfonamides is 1. The van der Waals surface area contributed by atoms with Gasteiger partial charge in [-0.1, -0.05) is 41.9 Å². The van der Waals surface area contributed by atoms with Crippen LogP contribution >= 0.6 is 11.6 Å². The van der Waals surface area contributed by atoms with E-state index in [0.717, 1.165) is 16.9 Å². The van der Waals surface area contributed by atoms with Gasteiger partial charge in [0.1, 0.15) is 10.6 Å². The summed E-state index contributed by atoms with van der Waals surface area (Å²) in [5.74, 6) is 0.308. The molecule has 0 bridgehead atoms. The van der Waals surface area contributed by atoms with Crippen LogP contribution in [0.25, 0.3) is 0 Å². The van der Waals surface area contributed by atoms with Gasteiger partial charge >= 0.3 is 0 Å². The van der Waals surface area contributed by atoms with Gasteiger partial charge in [-0.2, -0.15) is 0 Å². The van der Waals surface area contributed by atoms with Gasteiger partial charge in [-0.25, -0.2) is 8.42 Å². The molecule has 162 valence electrons. The molecule has 6 nitrogen and oxygen atoms in total. The molecule has 0 spiro atoms. The second-order valence-electron chi connectivity index (χ2n) is 6.83. The molecule has 8 heteroatoms. The lowest BCUT2D eigenvalue weighted by atomic mass is 10.2. The monoisotopic (exact) mass is 458 g/mol. The molecule has 31 heavy (non-hydrogen) atoms. The summed E-state index contributed by atoms with van der Waals surface area (Å²) in [5, 5.41) is 2.82. The average molecular weight is 459 g/mol. The Bertz CT molecular complexity index is 1200. The van der Waals surface area contributed by atoms with E-state index >= 15 is 0 Å². The topological polar surface area (TPSA) is 84.5 Å². The largest absolute Gasteiger partial charge is 0.494 e. The maximum absolute atomic E-state index is 12.9. The number of carbonyl (C=O) groups excluding carboxylic acids is 1. The van der Waals surface area contributed by atoms with E-state index in [2.05, 4.69) is 10.0 Å². The van der Waals surface area contributed by atoms with Crippen molar-refractivity contribution >= 4 is 33.2 Å². The molecule has 0 aliphatic rings. The van der Waals surface area contributed by atoms with E-state index in [1.807, 2.05) is 37.3 Å². The van der Waals surface area contributed by atoms with Crippen LogP contribution in [0.5, 0.6) is 5.75 Å². The van der Waals surface area contributed by atoms with Crippen molar-refractivity contribution in [2.45, 2.75) is 25.3 Å². The van der Waals surface area contributed by atoms with Crippen molar-refractivity contribution < 1.29 is 17.9 Å². The molecule has 0 heterocycles. The summed E-state index contributed by atoms with van der Waals surface area (Å²) < 4.78 is 33.8. The minimum Gasteiger partial charge on any atom is -0.494 e. The van der Waals surface area contributed by atoms with Crippen LogP contribution in [0.3, 0.4) is 0 Å². The number of rotatable bonds is 8. The Hall–Kier alpha value is -3.03. The van der Waals surface area contributed by atoms with Crippen molar-refractivity contribution in [3.63, 3.8) is 0 Å². The summed E-state index contributed by atoms with van der Waals surface area (Å²) in [6.07, 6.45) is 0. The number of amides is 1. The number of ether oxygens (including phenoxy) is 1. The molecule has 0 saturated heterocycles. The smallest absolute Gasteiger partial charge is 0.263 e. The predicted molar refractivity (Wildman–Crippen MR) is 122 cm³/mol. The zero-order valence-electron chi connectivity index (χ0n) is 17.2. The SMILES string of the molecule is CCOc1cccc(CNC(=O)c2ccc(Cl)c(S(=O)(=O)Nc3ccccc3C)c2)c1. The Morgan fingerprint density at radius 2 is 1.81 bits per heavy atom. The lowest BCUT2D eigenvalue weighted by molar-refractivity contribution is 0.0950. The van der Waals surface area contributed by atoms with Crippen LogP contribution in [-0.4, -0.2) is 20.9 Å². The number of benzene rings is 3. The summed E-state index contributed by atoms with van der Waals surface area (Å²) >= 11 is 6.15.